The molecule has 3 rings (SSSR count). The molecule has 3 N–H and O–H groups in total. The number of benzene rings is 1. The maximum absolute atomic E-state index is 12.1. The van der Waals surface area contributed by atoms with Crippen molar-refractivity contribution in [2.24, 2.45) is 5.92 Å². The van der Waals surface area contributed by atoms with Gasteiger partial charge in [0, 0.05) is 37.5 Å². The number of carbonyl (C=O) groups excluding carboxylic acids is 1. The first kappa shape index (κ1) is 23.8. The number of nitrogens with two attached hydrogens (primary N) is 1. The van der Waals surface area contributed by atoms with Crippen molar-refractivity contribution < 1.29 is 14.3 Å². The van der Waals surface area contributed by atoms with Crippen molar-refractivity contribution in [2.45, 2.75) is 39.0 Å². The molecule has 0 aliphatic carbocycles. The smallest absolute Gasteiger partial charge is 0.227 e. The van der Waals surface area contributed by atoms with Crippen LogP contribution in [0.5, 0.6) is 11.5 Å². The number of rotatable bonds is 8. The van der Waals surface area contributed by atoms with Crippen molar-refractivity contribution in [1.82, 2.24) is 15.3 Å². The number of fused-ring (bicyclic) bond motifs is 1. The highest BCUT2D eigenvalue weighted by Crippen LogP contribution is 2.34. The molecule has 8 nitrogen and oxygen atoms in total. The van der Waals surface area contributed by atoms with Gasteiger partial charge in [0.15, 0.2) is 11.5 Å². The molecular weight excluding hydrogens is 406 g/mol. The summed E-state index contributed by atoms with van der Waals surface area (Å²) in [6.07, 6.45) is 4.59. The van der Waals surface area contributed by atoms with Gasteiger partial charge < -0.3 is 25.4 Å². The van der Waals surface area contributed by atoms with Gasteiger partial charge >= 0.3 is 0 Å². The number of amides is 1. The number of carbonyl (C=O) groups is 1. The maximum atomic E-state index is 12.1. The minimum absolute atomic E-state index is 0. The van der Waals surface area contributed by atoms with E-state index >= 15 is 0 Å². The predicted molar refractivity (Wildman–Crippen MR) is 122 cm³/mol. The van der Waals surface area contributed by atoms with Gasteiger partial charge in [-0.15, -0.1) is 12.4 Å². The van der Waals surface area contributed by atoms with Gasteiger partial charge in [-0.05, 0) is 31.2 Å². The Balaban J connectivity index is 0.00000320. The van der Waals surface area contributed by atoms with Crippen LogP contribution in [0.4, 0.5) is 11.8 Å². The van der Waals surface area contributed by atoms with Crippen LogP contribution in [0.1, 0.15) is 39.0 Å². The topological polar surface area (TPSA) is 103 Å². The SMILES string of the molecule is CCCCNC(=O)CC1CCN(c2nc(N)c3cc(OC)c(OC)cc3n2)CC1.Cl. The average Bonchev–Trinajstić information content (AvgIpc) is 2.73. The molecule has 1 aliphatic rings. The normalized spacial score (nSPS) is 14.3. The predicted octanol–water partition coefficient (Wildman–Crippen LogP) is 3.17. The van der Waals surface area contributed by atoms with Crippen LogP contribution in [0.2, 0.25) is 0 Å². The van der Waals surface area contributed by atoms with E-state index in [4.69, 9.17) is 20.2 Å². The van der Waals surface area contributed by atoms with Gasteiger partial charge in [-0.25, -0.2) is 4.98 Å². The van der Waals surface area contributed by atoms with Crippen molar-refractivity contribution >= 4 is 41.0 Å². The molecule has 0 radical (unpaired) electrons. The van der Waals surface area contributed by atoms with Gasteiger partial charge in [-0.3, -0.25) is 4.79 Å². The Morgan fingerprint density at radius 2 is 1.87 bits per heavy atom. The molecule has 1 fully saturated rings. The number of ether oxygens (including phenoxy) is 2. The van der Waals surface area contributed by atoms with Gasteiger partial charge in [-0.1, -0.05) is 13.3 Å². The molecule has 1 aromatic carbocycles. The number of hydrogen-bond acceptors (Lipinski definition) is 7. The largest absolute Gasteiger partial charge is 0.493 e. The van der Waals surface area contributed by atoms with E-state index in [1.165, 1.54) is 0 Å². The van der Waals surface area contributed by atoms with E-state index in [0.717, 1.165) is 56.2 Å². The Bertz CT molecular complexity index is 856. The monoisotopic (exact) mass is 437 g/mol. The van der Waals surface area contributed by atoms with Crippen LogP contribution in [0.25, 0.3) is 10.9 Å². The summed E-state index contributed by atoms with van der Waals surface area (Å²) in [5.74, 6) is 2.80. The molecule has 0 atom stereocenters. The summed E-state index contributed by atoms with van der Waals surface area (Å²) in [4.78, 5) is 23.4. The molecule has 1 aliphatic heterocycles. The summed E-state index contributed by atoms with van der Waals surface area (Å²) < 4.78 is 10.7. The lowest BCUT2D eigenvalue weighted by Gasteiger charge is -2.32. The molecule has 0 spiro atoms. The van der Waals surface area contributed by atoms with Crippen LogP contribution in [-0.4, -0.2) is 49.7 Å². The van der Waals surface area contributed by atoms with Crippen molar-refractivity contribution in [3.8, 4) is 11.5 Å². The van der Waals surface area contributed by atoms with Crippen LogP contribution in [-0.2, 0) is 4.79 Å². The Hall–Kier alpha value is -2.48. The number of methoxy groups -OCH3 is 2. The number of nitrogen functional groups attached to an aromatic ring is 1. The molecule has 2 aromatic rings. The third kappa shape index (κ3) is 5.56. The highest BCUT2D eigenvalue weighted by molar-refractivity contribution is 5.91. The van der Waals surface area contributed by atoms with Crippen molar-refractivity contribution in [3.05, 3.63) is 12.1 Å². The average molecular weight is 438 g/mol. The summed E-state index contributed by atoms with van der Waals surface area (Å²) in [6, 6.07) is 3.62. The van der Waals surface area contributed by atoms with Crippen LogP contribution in [0, 0.1) is 5.92 Å². The lowest BCUT2D eigenvalue weighted by Crippen LogP contribution is -2.37. The third-order valence-electron chi connectivity index (χ3n) is 5.44. The van der Waals surface area contributed by atoms with Gasteiger partial charge in [0.05, 0.1) is 19.7 Å². The maximum Gasteiger partial charge on any atom is 0.227 e. The fourth-order valence-corrected chi connectivity index (χ4v) is 3.68. The second-order valence-corrected chi connectivity index (χ2v) is 7.47. The van der Waals surface area contributed by atoms with Gasteiger partial charge in [0.25, 0.3) is 0 Å². The van der Waals surface area contributed by atoms with E-state index in [0.29, 0.717) is 35.6 Å². The highest BCUT2D eigenvalue weighted by Gasteiger charge is 2.24. The number of aromatic nitrogens is 2. The summed E-state index contributed by atoms with van der Waals surface area (Å²) in [7, 11) is 3.18. The number of anilines is 2. The van der Waals surface area contributed by atoms with Crippen molar-refractivity contribution in [3.63, 3.8) is 0 Å². The molecule has 166 valence electrons. The van der Waals surface area contributed by atoms with Crippen LogP contribution < -0.4 is 25.4 Å². The van der Waals surface area contributed by atoms with Crippen LogP contribution >= 0.6 is 12.4 Å². The summed E-state index contributed by atoms with van der Waals surface area (Å²) >= 11 is 0. The van der Waals surface area contributed by atoms with E-state index in [9.17, 15) is 4.79 Å². The number of halogens is 1. The second kappa shape index (κ2) is 11.1. The molecular formula is C21H32ClN5O3. The van der Waals surface area contributed by atoms with Gasteiger partial charge in [0.1, 0.15) is 5.82 Å². The van der Waals surface area contributed by atoms with E-state index < -0.39 is 0 Å². The molecule has 1 saturated heterocycles. The lowest BCUT2D eigenvalue weighted by molar-refractivity contribution is -0.122. The van der Waals surface area contributed by atoms with E-state index in [-0.39, 0.29) is 18.3 Å². The first-order valence-electron chi connectivity index (χ1n) is 10.3. The van der Waals surface area contributed by atoms with E-state index in [2.05, 4.69) is 22.1 Å². The zero-order valence-electron chi connectivity index (χ0n) is 17.9. The van der Waals surface area contributed by atoms with E-state index in [1.807, 2.05) is 6.07 Å². The molecule has 0 saturated carbocycles. The highest BCUT2D eigenvalue weighted by atomic mass is 35.5. The van der Waals surface area contributed by atoms with Crippen LogP contribution in [0.15, 0.2) is 12.1 Å². The Morgan fingerprint density at radius 3 is 2.50 bits per heavy atom. The second-order valence-electron chi connectivity index (χ2n) is 7.47. The first-order chi connectivity index (χ1) is 14.0. The zero-order chi connectivity index (χ0) is 20.8. The molecule has 1 amide bonds. The third-order valence-corrected chi connectivity index (χ3v) is 5.44. The Kier molecular flexibility index (Phi) is 8.77. The van der Waals surface area contributed by atoms with Crippen LogP contribution in [0.3, 0.4) is 0 Å². The fourth-order valence-electron chi connectivity index (χ4n) is 3.68. The number of nitrogens with one attached hydrogen (secondary N) is 1. The molecule has 30 heavy (non-hydrogen) atoms. The standard InChI is InChI=1S/C21H31N5O3.ClH/c1-4-5-8-23-19(27)11-14-6-9-26(10-7-14)21-24-16-13-18(29-3)17(28-2)12-15(16)20(22)25-21;/h12-14H,4-11H2,1-3H3,(H,23,27)(H2,22,24,25);1H. The minimum Gasteiger partial charge on any atom is -0.493 e. The Labute approximate surface area is 183 Å². The van der Waals surface area contributed by atoms with Crippen molar-refractivity contribution in [2.75, 3.05) is 44.5 Å². The van der Waals surface area contributed by atoms with Crippen molar-refractivity contribution in [1.29, 1.82) is 0 Å². The number of hydrogen-bond donors (Lipinski definition) is 2. The fraction of sp³-hybridized carbons (Fsp3) is 0.571. The molecule has 9 heteroatoms. The van der Waals surface area contributed by atoms with Gasteiger partial charge in [0.2, 0.25) is 11.9 Å². The molecule has 1 aromatic heterocycles. The first-order valence-corrected chi connectivity index (χ1v) is 10.3. The minimum atomic E-state index is 0. The quantitative estimate of drug-likeness (QED) is 0.611. The number of piperidine rings is 1. The van der Waals surface area contributed by atoms with Gasteiger partial charge in [-0.2, -0.15) is 4.98 Å². The summed E-state index contributed by atoms with van der Waals surface area (Å²) in [5.41, 5.74) is 6.93. The lowest BCUT2D eigenvalue weighted by atomic mass is 9.93. The Morgan fingerprint density at radius 1 is 1.20 bits per heavy atom. The summed E-state index contributed by atoms with van der Waals surface area (Å²) in [6.45, 7) is 4.51. The van der Waals surface area contributed by atoms with E-state index in [1.54, 1.807) is 20.3 Å². The summed E-state index contributed by atoms with van der Waals surface area (Å²) in [5, 5.41) is 3.75. The number of nitrogens with zero attached hydrogens (tertiary/aromatic N) is 3. The molecule has 0 bridgehead atoms. The number of unbranched alkanes of at least 4 members (excludes halogenated alkanes) is 1. The zero-order valence-corrected chi connectivity index (χ0v) is 18.8. The molecule has 2 heterocycles. The molecule has 0 unspecified atom stereocenters.